The summed E-state index contributed by atoms with van der Waals surface area (Å²) in [5.74, 6) is 0. The van der Waals surface area contributed by atoms with Gasteiger partial charge in [0.2, 0.25) is 0 Å². The molecule has 1 aromatic carbocycles. The lowest BCUT2D eigenvalue weighted by Crippen LogP contribution is -2.27. The Labute approximate surface area is 88.9 Å². The van der Waals surface area contributed by atoms with Gasteiger partial charge in [0.1, 0.15) is 0 Å². The van der Waals surface area contributed by atoms with E-state index in [2.05, 4.69) is 0 Å². The van der Waals surface area contributed by atoms with Gasteiger partial charge in [-0.3, -0.25) is 4.79 Å². The predicted molar refractivity (Wildman–Crippen MR) is 57.6 cm³/mol. The van der Waals surface area contributed by atoms with Crippen molar-refractivity contribution in [3.05, 3.63) is 34.9 Å². The van der Waals surface area contributed by atoms with Crippen LogP contribution in [0.2, 0.25) is 0 Å². The van der Waals surface area contributed by atoms with Crippen LogP contribution < -0.4 is 0 Å². The SMILES string of the molecule is O=C(B(O)O)c1cccc2c1CCCC2. The number of hydrogen-bond acceptors (Lipinski definition) is 3. The van der Waals surface area contributed by atoms with E-state index in [1.165, 1.54) is 5.56 Å². The molecule has 15 heavy (non-hydrogen) atoms. The van der Waals surface area contributed by atoms with Gasteiger partial charge in [-0.05, 0) is 36.8 Å². The van der Waals surface area contributed by atoms with Crippen LogP contribution in [-0.2, 0) is 12.8 Å². The number of rotatable bonds is 2. The third-order valence-electron chi connectivity index (χ3n) is 2.90. The summed E-state index contributed by atoms with van der Waals surface area (Å²) in [7, 11) is -1.89. The van der Waals surface area contributed by atoms with Crippen molar-refractivity contribution in [1.82, 2.24) is 0 Å². The zero-order valence-corrected chi connectivity index (χ0v) is 8.44. The molecule has 0 aromatic heterocycles. The van der Waals surface area contributed by atoms with Gasteiger partial charge in [-0.1, -0.05) is 18.2 Å². The van der Waals surface area contributed by atoms with Crippen LogP contribution in [-0.4, -0.2) is 22.8 Å². The minimum atomic E-state index is -1.89. The van der Waals surface area contributed by atoms with E-state index in [-0.39, 0.29) is 0 Å². The Balaban J connectivity index is 2.43. The molecule has 1 aliphatic rings. The molecule has 0 aliphatic heterocycles. The average Bonchev–Trinajstić information content (AvgIpc) is 2.27. The highest BCUT2D eigenvalue weighted by Crippen LogP contribution is 2.24. The fourth-order valence-corrected chi connectivity index (χ4v) is 2.15. The first-order valence-electron chi connectivity index (χ1n) is 5.21. The molecule has 0 saturated carbocycles. The summed E-state index contributed by atoms with van der Waals surface area (Å²) >= 11 is 0. The molecule has 78 valence electrons. The second kappa shape index (κ2) is 4.17. The van der Waals surface area contributed by atoms with Crippen molar-refractivity contribution in [1.29, 1.82) is 0 Å². The maximum absolute atomic E-state index is 11.5. The normalized spacial score (nSPS) is 14.5. The maximum Gasteiger partial charge on any atom is 0.532 e. The molecule has 0 unspecified atom stereocenters. The first-order chi connectivity index (χ1) is 7.20. The fourth-order valence-electron chi connectivity index (χ4n) is 2.15. The summed E-state index contributed by atoms with van der Waals surface area (Å²) in [5, 5.41) is 17.8. The van der Waals surface area contributed by atoms with E-state index < -0.39 is 12.8 Å². The lowest BCUT2D eigenvalue weighted by molar-refractivity contribution is 0.103. The molecule has 0 saturated heterocycles. The molecule has 4 heteroatoms. The van der Waals surface area contributed by atoms with Gasteiger partial charge < -0.3 is 10.0 Å². The molecule has 0 heterocycles. The van der Waals surface area contributed by atoms with E-state index in [1.54, 1.807) is 12.1 Å². The molecule has 1 aromatic rings. The van der Waals surface area contributed by atoms with Crippen molar-refractivity contribution >= 4 is 12.8 Å². The summed E-state index contributed by atoms with van der Waals surface area (Å²) in [6.07, 6.45) is 4.06. The van der Waals surface area contributed by atoms with Crippen LogP contribution in [0.1, 0.15) is 34.3 Å². The van der Waals surface area contributed by atoms with Gasteiger partial charge in [-0.25, -0.2) is 0 Å². The van der Waals surface area contributed by atoms with Crippen LogP contribution in [0.15, 0.2) is 18.2 Å². The van der Waals surface area contributed by atoms with E-state index in [1.807, 2.05) is 6.07 Å². The standard InChI is InChI=1S/C11H13BO3/c13-11(12(14)15)10-7-3-5-8-4-1-2-6-9(8)10/h3,5,7,14-15H,1-2,4,6H2. The Morgan fingerprint density at radius 3 is 2.67 bits per heavy atom. The van der Waals surface area contributed by atoms with Gasteiger partial charge in [0.15, 0.2) is 5.68 Å². The number of carbonyl (C=O) groups excluding carboxylic acids is 1. The molecule has 0 spiro atoms. The molecule has 0 atom stereocenters. The Morgan fingerprint density at radius 1 is 1.20 bits per heavy atom. The Morgan fingerprint density at radius 2 is 1.93 bits per heavy atom. The molecule has 0 radical (unpaired) electrons. The highest BCUT2D eigenvalue weighted by molar-refractivity contribution is 6.81. The Kier molecular flexibility index (Phi) is 2.89. The second-order valence-electron chi connectivity index (χ2n) is 3.89. The van der Waals surface area contributed by atoms with Gasteiger partial charge in [0.25, 0.3) is 0 Å². The monoisotopic (exact) mass is 204 g/mol. The van der Waals surface area contributed by atoms with Crippen LogP contribution in [0.5, 0.6) is 0 Å². The smallest absolute Gasteiger partial charge is 0.421 e. The van der Waals surface area contributed by atoms with Crippen molar-refractivity contribution in [3.63, 3.8) is 0 Å². The summed E-state index contributed by atoms with van der Waals surface area (Å²) < 4.78 is 0. The molecule has 2 N–H and O–H groups in total. The Hall–Kier alpha value is -1.13. The minimum Gasteiger partial charge on any atom is -0.421 e. The number of aryl methyl sites for hydroxylation is 1. The minimum absolute atomic E-state index is 0.474. The van der Waals surface area contributed by atoms with E-state index in [9.17, 15) is 4.79 Å². The lowest BCUT2D eigenvalue weighted by Gasteiger charge is -2.18. The average molecular weight is 204 g/mol. The molecular weight excluding hydrogens is 191 g/mol. The maximum atomic E-state index is 11.5. The van der Waals surface area contributed by atoms with Crippen molar-refractivity contribution in [2.45, 2.75) is 25.7 Å². The third kappa shape index (κ3) is 1.96. The topological polar surface area (TPSA) is 57.5 Å². The van der Waals surface area contributed by atoms with E-state index in [0.717, 1.165) is 31.2 Å². The third-order valence-corrected chi connectivity index (χ3v) is 2.90. The van der Waals surface area contributed by atoms with Crippen LogP contribution in [0.4, 0.5) is 0 Å². The highest BCUT2D eigenvalue weighted by Gasteiger charge is 2.25. The number of fused-ring (bicyclic) bond motifs is 1. The first-order valence-corrected chi connectivity index (χ1v) is 5.21. The molecule has 2 rings (SSSR count). The van der Waals surface area contributed by atoms with Gasteiger partial charge in [-0.2, -0.15) is 0 Å². The van der Waals surface area contributed by atoms with Gasteiger partial charge >= 0.3 is 7.12 Å². The van der Waals surface area contributed by atoms with Crippen molar-refractivity contribution in [3.8, 4) is 0 Å². The second-order valence-corrected chi connectivity index (χ2v) is 3.89. The summed E-state index contributed by atoms with van der Waals surface area (Å²) in [6.45, 7) is 0. The van der Waals surface area contributed by atoms with Crippen molar-refractivity contribution < 1.29 is 14.8 Å². The molecule has 0 bridgehead atoms. The van der Waals surface area contributed by atoms with Crippen LogP contribution >= 0.6 is 0 Å². The van der Waals surface area contributed by atoms with Crippen LogP contribution in [0.25, 0.3) is 0 Å². The van der Waals surface area contributed by atoms with Crippen LogP contribution in [0.3, 0.4) is 0 Å². The molecule has 0 fully saturated rings. The number of hydrogen-bond donors (Lipinski definition) is 2. The quantitative estimate of drug-likeness (QED) is 0.699. The lowest BCUT2D eigenvalue weighted by atomic mass is 9.75. The summed E-state index contributed by atoms with van der Waals surface area (Å²) in [4.78, 5) is 11.5. The van der Waals surface area contributed by atoms with E-state index in [4.69, 9.17) is 10.0 Å². The summed E-state index contributed by atoms with van der Waals surface area (Å²) in [5.41, 5.74) is 2.06. The van der Waals surface area contributed by atoms with E-state index in [0.29, 0.717) is 5.56 Å². The van der Waals surface area contributed by atoms with Crippen molar-refractivity contribution in [2.75, 3.05) is 0 Å². The molecular formula is C11H13BO3. The Bertz CT molecular complexity index is 387. The van der Waals surface area contributed by atoms with E-state index >= 15 is 0 Å². The largest absolute Gasteiger partial charge is 0.532 e. The van der Waals surface area contributed by atoms with Gasteiger partial charge in [-0.15, -0.1) is 0 Å². The molecule has 1 aliphatic carbocycles. The fraction of sp³-hybridized carbons (Fsp3) is 0.364. The zero-order valence-electron chi connectivity index (χ0n) is 8.44. The first kappa shape index (κ1) is 10.4. The molecule has 0 amide bonds. The van der Waals surface area contributed by atoms with Crippen LogP contribution in [0, 0.1) is 0 Å². The summed E-state index contributed by atoms with van der Waals surface area (Å²) in [6, 6.07) is 5.49. The van der Waals surface area contributed by atoms with Crippen molar-refractivity contribution in [2.24, 2.45) is 0 Å². The predicted octanol–water partition coefficient (Wildman–Crippen LogP) is 0.760. The number of benzene rings is 1. The van der Waals surface area contributed by atoms with Gasteiger partial charge in [0, 0.05) is 5.56 Å². The van der Waals surface area contributed by atoms with Gasteiger partial charge in [0.05, 0.1) is 0 Å². The molecule has 3 nitrogen and oxygen atoms in total. The highest BCUT2D eigenvalue weighted by atomic mass is 16.4. The number of carbonyl (C=O) groups is 1. The zero-order chi connectivity index (χ0) is 10.8.